The SMILES string of the molecule is Cc1cccc(C)c1NC(=O)CNc1cc(C(F)(F)F)ccc1Cl. The van der Waals surface area contributed by atoms with Crippen molar-refractivity contribution in [3.63, 3.8) is 0 Å². The van der Waals surface area contributed by atoms with E-state index in [1.807, 2.05) is 32.0 Å². The van der Waals surface area contributed by atoms with Crippen LogP contribution in [0.15, 0.2) is 36.4 Å². The topological polar surface area (TPSA) is 41.1 Å². The molecule has 0 aromatic heterocycles. The van der Waals surface area contributed by atoms with Crippen LogP contribution >= 0.6 is 11.6 Å². The third-order valence-electron chi connectivity index (χ3n) is 3.48. The van der Waals surface area contributed by atoms with Crippen LogP contribution in [-0.4, -0.2) is 12.5 Å². The first-order valence-electron chi connectivity index (χ1n) is 7.15. The number of rotatable bonds is 4. The number of hydrogen-bond acceptors (Lipinski definition) is 2. The van der Waals surface area contributed by atoms with Crippen LogP contribution in [0.1, 0.15) is 16.7 Å². The molecule has 128 valence electrons. The predicted molar refractivity (Wildman–Crippen MR) is 89.5 cm³/mol. The van der Waals surface area contributed by atoms with E-state index in [0.29, 0.717) is 5.69 Å². The Kier molecular flexibility index (Phi) is 5.39. The maximum absolute atomic E-state index is 12.7. The van der Waals surface area contributed by atoms with Crippen molar-refractivity contribution in [2.45, 2.75) is 20.0 Å². The van der Waals surface area contributed by atoms with Crippen LogP contribution in [0.2, 0.25) is 5.02 Å². The van der Waals surface area contributed by atoms with E-state index in [2.05, 4.69) is 10.6 Å². The smallest absolute Gasteiger partial charge is 0.375 e. The normalized spacial score (nSPS) is 11.2. The number of benzene rings is 2. The summed E-state index contributed by atoms with van der Waals surface area (Å²) in [5.41, 5.74) is 1.73. The molecular formula is C17H16ClF3N2O. The van der Waals surface area contributed by atoms with E-state index >= 15 is 0 Å². The molecule has 24 heavy (non-hydrogen) atoms. The first-order chi connectivity index (χ1) is 11.2. The monoisotopic (exact) mass is 356 g/mol. The van der Waals surface area contributed by atoms with Gasteiger partial charge >= 0.3 is 6.18 Å². The maximum Gasteiger partial charge on any atom is 0.416 e. The standard InChI is InChI=1S/C17H16ClF3N2O/c1-10-4-3-5-11(2)16(10)23-15(24)9-22-14-8-12(17(19,20)21)6-7-13(14)18/h3-8,22H,9H2,1-2H3,(H,23,24). The number of hydrogen-bond donors (Lipinski definition) is 2. The van der Waals surface area contributed by atoms with Gasteiger partial charge in [-0.2, -0.15) is 13.2 Å². The number of amides is 1. The van der Waals surface area contributed by atoms with E-state index in [1.165, 1.54) is 0 Å². The summed E-state index contributed by atoms with van der Waals surface area (Å²) in [6, 6.07) is 8.52. The van der Waals surface area contributed by atoms with Gasteiger partial charge in [0.1, 0.15) is 0 Å². The van der Waals surface area contributed by atoms with Gasteiger partial charge in [-0.05, 0) is 43.2 Å². The number of nitrogens with one attached hydrogen (secondary N) is 2. The van der Waals surface area contributed by atoms with Crippen LogP contribution < -0.4 is 10.6 Å². The molecule has 0 fully saturated rings. The lowest BCUT2D eigenvalue weighted by atomic mass is 10.1. The Morgan fingerprint density at radius 1 is 1.12 bits per heavy atom. The molecule has 0 unspecified atom stereocenters. The molecule has 2 aromatic carbocycles. The summed E-state index contributed by atoms with van der Waals surface area (Å²) in [7, 11) is 0. The molecule has 7 heteroatoms. The van der Waals surface area contributed by atoms with Crippen molar-refractivity contribution in [2.75, 3.05) is 17.2 Å². The van der Waals surface area contributed by atoms with Crippen LogP contribution in [0.4, 0.5) is 24.5 Å². The van der Waals surface area contributed by atoms with E-state index in [0.717, 1.165) is 29.3 Å². The van der Waals surface area contributed by atoms with Gasteiger partial charge in [-0.1, -0.05) is 29.8 Å². The highest BCUT2D eigenvalue weighted by Crippen LogP contribution is 2.33. The third-order valence-corrected chi connectivity index (χ3v) is 3.81. The zero-order chi connectivity index (χ0) is 17.9. The molecule has 0 atom stereocenters. The molecule has 0 spiro atoms. The molecule has 0 saturated carbocycles. The first-order valence-corrected chi connectivity index (χ1v) is 7.53. The van der Waals surface area contributed by atoms with Gasteiger partial charge in [0.05, 0.1) is 22.8 Å². The van der Waals surface area contributed by atoms with Gasteiger partial charge in [0.15, 0.2) is 0 Å². The molecule has 3 nitrogen and oxygen atoms in total. The van der Waals surface area contributed by atoms with Crippen LogP contribution in [0.5, 0.6) is 0 Å². The number of halogens is 4. The largest absolute Gasteiger partial charge is 0.416 e. The predicted octanol–water partition coefficient (Wildman–Crippen LogP) is 5.03. The van der Waals surface area contributed by atoms with Gasteiger partial charge in [0.2, 0.25) is 5.91 Å². The molecule has 0 saturated heterocycles. The summed E-state index contributed by atoms with van der Waals surface area (Å²) in [5.74, 6) is -0.374. The van der Waals surface area contributed by atoms with Crippen molar-refractivity contribution in [3.05, 3.63) is 58.1 Å². The third kappa shape index (κ3) is 4.41. The number of para-hydroxylation sites is 1. The second-order valence-corrected chi connectivity index (χ2v) is 5.77. The molecule has 0 radical (unpaired) electrons. The summed E-state index contributed by atoms with van der Waals surface area (Å²) in [4.78, 5) is 12.0. The van der Waals surface area contributed by atoms with Gasteiger partial charge in [-0.3, -0.25) is 4.79 Å². The Morgan fingerprint density at radius 2 is 1.75 bits per heavy atom. The molecule has 0 bridgehead atoms. The summed E-state index contributed by atoms with van der Waals surface area (Å²) >= 11 is 5.88. The van der Waals surface area contributed by atoms with Gasteiger partial charge in [0, 0.05) is 5.69 Å². The Balaban J connectivity index is 2.07. The quantitative estimate of drug-likeness (QED) is 0.807. The van der Waals surface area contributed by atoms with E-state index in [9.17, 15) is 18.0 Å². The van der Waals surface area contributed by atoms with Gasteiger partial charge in [0.25, 0.3) is 0 Å². The van der Waals surface area contributed by atoms with Crippen molar-refractivity contribution in [1.29, 1.82) is 0 Å². The molecule has 2 N–H and O–H groups in total. The minimum absolute atomic E-state index is 0.0585. The molecular weight excluding hydrogens is 341 g/mol. The number of carbonyl (C=O) groups excluding carboxylic acids is 1. The Labute approximate surface area is 142 Å². The fourth-order valence-corrected chi connectivity index (χ4v) is 2.39. The second-order valence-electron chi connectivity index (χ2n) is 5.36. The molecule has 0 aliphatic heterocycles. The number of anilines is 2. The van der Waals surface area contributed by atoms with E-state index in [-0.39, 0.29) is 23.2 Å². The first kappa shape index (κ1) is 18.1. The Hall–Kier alpha value is -2.21. The van der Waals surface area contributed by atoms with Crippen LogP contribution in [-0.2, 0) is 11.0 Å². The Bertz CT molecular complexity index is 740. The fraction of sp³-hybridized carbons (Fsp3) is 0.235. The van der Waals surface area contributed by atoms with Crippen molar-refractivity contribution >= 4 is 28.9 Å². The molecule has 2 aromatic rings. The zero-order valence-electron chi connectivity index (χ0n) is 13.1. The summed E-state index contributed by atoms with van der Waals surface area (Å²) < 4.78 is 38.2. The van der Waals surface area contributed by atoms with E-state index in [1.54, 1.807) is 0 Å². The molecule has 1 amide bonds. The summed E-state index contributed by atoms with van der Waals surface area (Å²) in [6.07, 6.45) is -4.47. The molecule has 0 heterocycles. The molecule has 2 rings (SSSR count). The van der Waals surface area contributed by atoms with Crippen molar-refractivity contribution < 1.29 is 18.0 Å². The average Bonchev–Trinajstić information content (AvgIpc) is 2.49. The van der Waals surface area contributed by atoms with Gasteiger partial charge in [-0.15, -0.1) is 0 Å². The minimum Gasteiger partial charge on any atom is -0.375 e. The highest BCUT2D eigenvalue weighted by molar-refractivity contribution is 6.33. The maximum atomic E-state index is 12.7. The van der Waals surface area contributed by atoms with Gasteiger partial charge < -0.3 is 10.6 Å². The fourth-order valence-electron chi connectivity index (χ4n) is 2.21. The Morgan fingerprint density at radius 3 is 2.33 bits per heavy atom. The number of aryl methyl sites for hydroxylation is 2. The van der Waals surface area contributed by atoms with Crippen molar-refractivity contribution in [2.24, 2.45) is 0 Å². The lowest BCUT2D eigenvalue weighted by molar-refractivity contribution is -0.137. The molecule has 0 aliphatic carbocycles. The number of carbonyl (C=O) groups is 1. The lowest BCUT2D eigenvalue weighted by Crippen LogP contribution is -2.23. The minimum atomic E-state index is -4.47. The lowest BCUT2D eigenvalue weighted by Gasteiger charge is -2.14. The number of alkyl halides is 3. The van der Waals surface area contributed by atoms with Crippen LogP contribution in [0.3, 0.4) is 0 Å². The second kappa shape index (κ2) is 7.13. The summed E-state index contributed by atoms with van der Waals surface area (Å²) in [5, 5.41) is 5.50. The van der Waals surface area contributed by atoms with Crippen LogP contribution in [0.25, 0.3) is 0 Å². The van der Waals surface area contributed by atoms with Gasteiger partial charge in [-0.25, -0.2) is 0 Å². The highest BCUT2D eigenvalue weighted by atomic mass is 35.5. The van der Waals surface area contributed by atoms with Crippen LogP contribution in [0, 0.1) is 13.8 Å². The average molecular weight is 357 g/mol. The van der Waals surface area contributed by atoms with Crippen molar-refractivity contribution in [1.82, 2.24) is 0 Å². The van der Waals surface area contributed by atoms with E-state index in [4.69, 9.17) is 11.6 Å². The van der Waals surface area contributed by atoms with E-state index < -0.39 is 11.7 Å². The highest BCUT2D eigenvalue weighted by Gasteiger charge is 2.31. The molecule has 0 aliphatic rings. The van der Waals surface area contributed by atoms with Crippen molar-refractivity contribution in [3.8, 4) is 0 Å². The zero-order valence-corrected chi connectivity index (χ0v) is 13.8. The summed E-state index contributed by atoms with van der Waals surface area (Å²) in [6.45, 7) is 3.52.